The quantitative estimate of drug-likeness (QED) is 0.855. The molecule has 2 rings (SSSR count). The highest BCUT2D eigenvalue weighted by Crippen LogP contribution is 2.15. The van der Waals surface area contributed by atoms with Gasteiger partial charge in [0.2, 0.25) is 0 Å². The molecule has 5 heteroatoms. The Kier molecular flexibility index (Phi) is 5.21. The fourth-order valence-electron chi connectivity index (χ4n) is 2.31. The van der Waals surface area contributed by atoms with E-state index in [1.165, 1.54) is 11.6 Å². The van der Waals surface area contributed by atoms with Gasteiger partial charge in [-0.05, 0) is 30.4 Å². The number of carbonyl (C=O) groups excluding carboxylic acids is 1. The Balaban J connectivity index is 1.94. The average molecular weight is 315 g/mol. The molecule has 1 aromatic carbocycles. The van der Waals surface area contributed by atoms with Crippen molar-refractivity contribution in [3.05, 3.63) is 59.0 Å². The van der Waals surface area contributed by atoms with Crippen molar-refractivity contribution in [3.8, 4) is 0 Å². The molecule has 0 aliphatic carbocycles. The predicted octanol–water partition coefficient (Wildman–Crippen LogP) is 3.46. The third kappa shape index (κ3) is 4.45. The van der Waals surface area contributed by atoms with E-state index in [0.29, 0.717) is 12.3 Å². The molecule has 1 atom stereocenters. The van der Waals surface area contributed by atoms with Crippen LogP contribution in [0.5, 0.6) is 0 Å². The first-order valence-corrected chi connectivity index (χ1v) is 7.58. The van der Waals surface area contributed by atoms with E-state index in [9.17, 15) is 9.59 Å². The van der Waals surface area contributed by atoms with Crippen LogP contribution >= 0.6 is 0 Å². The van der Waals surface area contributed by atoms with Crippen LogP contribution in [-0.2, 0) is 6.42 Å². The number of hydrogen-bond donors (Lipinski definition) is 2. The fraction of sp³-hybridized carbons (Fsp3) is 0.333. The summed E-state index contributed by atoms with van der Waals surface area (Å²) in [4.78, 5) is 22.8. The summed E-state index contributed by atoms with van der Waals surface area (Å²) >= 11 is 0. The van der Waals surface area contributed by atoms with Gasteiger partial charge in [-0.1, -0.05) is 38.1 Å². The molecule has 0 aliphatic rings. The summed E-state index contributed by atoms with van der Waals surface area (Å²) in [5, 5.41) is 11.6. The van der Waals surface area contributed by atoms with Gasteiger partial charge in [-0.3, -0.25) is 4.79 Å². The third-order valence-electron chi connectivity index (χ3n) is 3.64. The second-order valence-electron chi connectivity index (χ2n) is 5.98. The lowest BCUT2D eigenvalue weighted by Gasteiger charge is -2.14. The van der Waals surface area contributed by atoms with E-state index in [0.717, 1.165) is 11.8 Å². The molecule has 1 heterocycles. The minimum atomic E-state index is -1.12. The largest absolute Gasteiger partial charge is 0.478 e. The van der Waals surface area contributed by atoms with Crippen LogP contribution in [0, 0.1) is 0 Å². The third-order valence-corrected chi connectivity index (χ3v) is 3.64. The maximum Gasteiger partial charge on any atom is 0.338 e. The number of carboxylic acids is 1. The number of amides is 1. The van der Waals surface area contributed by atoms with Gasteiger partial charge in [0.25, 0.3) is 5.91 Å². The first-order valence-electron chi connectivity index (χ1n) is 7.58. The Morgan fingerprint density at radius 2 is 1.83 bits per heavy atom. The summed E-state index contributed by atoms with van der Waals surface area (Å²) < 4.78 is 4.99. The van der Waals surface area contributed by atoms with Gasteiger partial charge < -0.3 is 14.8 Å². The molecule has 0 bridgehead atoms. The summed E-state index contributed by atoms with van der Waals surface area (Å²) in [7, 11) is 0. The first-order chi connectivity index (χ1) is 10.9. The van der Waals surface area contributed by atoms with Crippen molar-refractivity contribution in [1.82, 2.24) is 5.32 Å². The number of carbonyl (C=O) groups is 2. The zero-order valence-corrected chi connectivity index (χ0v) is 13.5. The smallest absolute Gasteiger partial charge is 0.338 e. The number of rotatable bonds is 6. The molecule has 2 aromatic rings. The van der Waals surface area contributed by atoms with Crippen LogP contribution < -0.4 is 5.32 Å². The molecule has 2 N–H and O–H groups in total. The van der Waals surface area contributed by atoms with Crippen LogP contribution in [-0.4, -0.2) is 23.0 Å². The van der Waals surface area contributed by atoms with Gasteiger partial charge in [0.05, 0.1) is 5.56 Å². The predicted molar refractivity (Wildman–Crippen MR) is 86.8 cm³/mol. The minimum absolute atomic E-state index is 0.00408. The Morgan fingerprint density at radius 1 is 1.17 bits per heavy atom. The molecule has 0 saturated carbocycles. The van der Waals surface area contributed by atoms with Gasteiger partial charge in [-0.15, -0.1) is 0 Å². The summed E-state index contributed by atoms with van der Waals surface area (Å²) in [5.74, 6) is -1.04. The first kappa shape index (κ1) is 16.8. The molecule has 1 amide bonds. The molecule has 5 nitrogen and oxygen atoms in total. The van der Waals surface area contributed by atoms with Gasteiger partial charge in [-0.25, -0.2) is 4.79 Å². The minimum Gasteiger partial charge on any atom is -0.478 e. The second kappa shape index (κ2) is 7.13. The molecular weight excluding hydrogens is 294 g/mol. The van der Waals surface area contributed by atoms with E-state index in [2.05, 4.69) is 43.4 Å². The lowest BCUT2D eigenvalue weighted by molar-refractivity contribution is 0.0695. The number of benzene rings is 1. The van der Waals surface area contributed by atoms with Crippen molar-refractivity contribution in [2.24, 2.45) is 0 Å². The highest BCUT2D eigenvalue weighted by molar-refractivity contribution is 5.95. The van der Waals surface area contributed by atoms with Gasteiger partial charge in [-0.2, -0.15) is 0 Å². The molecule has 0 saturated heterocycles. The average Bonchev–Trinajstić information content (AvgIpc) is 2.97. The molecule has 1 aromatic heterocycles. The number of hydrogen-bond acceptors (Lipinski definition) is 3. The van der Waals surface area contributed by atoms with Crippen LogP contribution in [0.3, 0.4) is 0 Å². The number of aromatic carboxylic acids is 1. The lowest BCUT2D eigenvalue weighted by Crippen LogP contribution is -2.33. The van der Waals surface area contributed by atoms with Crippen LogP contribution in [0.15, 0.2) is 41.0 Å². The Labute approximate surface area is 135 Å². The number of nitrogens with one attached hydrogen (secondary N) is 1. The molecule has 0 fully saturated rings. The van der Waals surface area contributed by atoms with E-state index >= 15 is 0 Å². The Bertz CT molecular complexity index is 685. The van der Waals surface area contributed by atoms with Crippen LogP contribution in [0.1, 0.15) is 58.7 Å². The van der Waals surface area contributed by atoms with E-state index in [1.54, 1.807) is 0 Å². The van der Waals surface area contributed by atoms with Crippen LogP contribution in [0.25, 0.3) is 0 Å². The summed E-state index contributed by atoms with van der Waals surface area (Å²) in [6, 6.07) is 9.45. The molecule has 0 spiro atoms. The van der Waals surface area contributed by atoms with Crippen molar-refractivity contribution in [2.45, 2.75) is 39.2 Å². The van der Waals surface area contributed by atoms with E-state index < -0.39 is 11.9 Å². The molecule has 122 valence electrons. The van der Waals surface area contributed by atoms with Crippen molar-refractivity contribution in [3.63, 3.8) is 0 Å². The molecule has 23 heavy (non-hydrogen) atoms. The molecule has 0 radical (unpaired) electrons. The summed E-state index contributed by atoms with van der Waals surface area (Å²) in [5.41, 5.74) is 2.38. The van der Waals surface area contributed by atoms with Crippen molar-refractivity contribution in [2.75, 3.05) is 0 Å². The van der Waals surface area contributed by atoms with Gasteiger partial charge >= 0.3 is 5.97 Å². The summed E-state index contributed by atoms with van der Waals surface area (Å²) in [6.07, 6.45) is 1.75. The van der Waals surface area contributed by atoms with Crippen LogP contribution in [0.4, 0.5) is 0 Å². The zero-order chi connectivity index (χ0) is 17.0. The normalized spacial score (nSPS) is 12.2. The number of carboxylic acid groups (broad SMARTS) is 1. The maximum absolute atomic E-state index is 12.0. The zero-order valence-electron chi connectivity index (χ0n) is 13.5. The van der Waals surface area contributed by atoms with Crippen molar-refractivity contribution in [1.29, 1.82) is 0 Å². The standard InChI is InChI=1S/C18H21NO4/c1-11(2)14-6-4-13(5-7-14)8-12(3)19-17(20)16-9-15(10-23-16)18(21)22/h4-7,9-12H,8H2,1-3H3,(H,19,20)(H,21,22). The highest BCUT2D eigenvalue weighted by Gasteiger charge is 2.16. The van der Waals surface area contributed by atoms with Gasteiger partial charge in [0.1, 0.15) is 6.26 Å². The highest BCUT2D eigenvalue weighted by atomic mass is 16.4. The number of furan rings is 1. The molecule has 0 aliphatic heterocycles. The second-order valence-corrected chi connectivity index (χ2v) is 5.98. The van der Waals surface area contributed by atoms with Gasteiger partial charge in [0, 0.05) is 12.1 Å². The van der Waals surface area contributed by atoms with E-state index in [1.807, 2.05) is 6.92 Å². The van der Waals surface area contributed by atoms with Crippen LogP contribution in [0.2, 0.25) is 0 Å². The Hall–Kier alpha value is -2.56. The van der Waals surface area contributed by atoms with E-state index in [-0.39, 0.29) is 17.4 Å². The monoisotopic (exact) mass is 315 g/mol. The topological polar surface area (TPSA) is 79.5 Å². The molecular formula is C18H21NO4. The Morgan fingerprint density at radius 3 is 2.35 bits per heavy atom. The van der Waals surface area contributed by atoms with Crippen molar-refractivity contribution < 1.29 is 19.1 Å². The maximum atomic E-state index is 12.0. The lowest BCUT2D eigenvalue weighted by atomic mass is 9.99. The van der Waals surface area contributed by atoms with Crippen molar-refractivity contribution >= 4 is 11.9 Å². The molecule has 1 unspecified atom stereocenters. The summed E-state index contributed by atoms with van der Waals surface area (Å²) in [6.45, 7) is 6.19. The SMILES string of the molecule is CC(Cc1ccc(C(C)C)cc1)NC(=O)c1cc(C(=O)O)co1. The fourth-order valence-corrected chi connectivity index (χ4v) is 2.31. The van der Waals surface area contributed by atoms with Gasteiger partial charge in [0.15, 0.2) is 5.76 Å². The van der Waals surface area contributed by atoms with E-state index in [4.69, 9.17) is 9.52 Å².